The Morgan fingerprint density at radius 3 is 2.27 bits per heavy atom. The van der Waals surface area contributed by atoms with Crippen molar-refractivity contribution in [2.75, 3.05) is 0 Å². The van der Waals surface area contributed by atoms with Gasteiger partial charge in [0.2, 0.25) is 0 Å². The molecule has 4 heteroatoms. The quantitative estimate of drug-likeness (QED) is 0.379. The summed E-state index contributed by atoms with van der Waals surface area (Å²) in [7, 11) is 0. The molecule has 0 spiro atoms. The summed E-state index contributed by atoms with van der Waals surface area (Å²) in [6.07, 6.45) is 0. The SMILES string of the molecule is [C-]#[N+]/C(C(C)=O)=C(/O)c1ccccc1.[Cu]. The summed E-state index contributed by atoms with van der Waals surface area (Å²) in [5.41, 5.74) is 0.255. The number of carbonyl (C=O) groups is 1. The van der Waals surface area contributed by atoms with Crippen LogP contribution in [0.15, 0.2) is 36.0 Å². The largest absolute Gasteiger partial charge is 0.518 e. The molecule has 0 saturated heterocycles. The molecule has 0 aliphatic carbocycles. The Morgan fingerprint density at radius 2 is 1.87 bits per heavy atom. The Morgan fingerprint density at radius 1 is 1.33 bits per heavy atom. The van der Waals surface area contributed by atoms with Gasteiger partial charge in [0.25, 0.3) is 5.70 Å². The maximum absolute atomic E-state index is 11.0. The van der Waals surface area contributed by atoms with E-state index in [2.05, 4.69) is 4.85 Å². The van der Waals surface area contributed by atoms with Gasteiger partial charge in [0.15, 0.2) is 5.78 Å². The predicted molar refractivity (Wildman–Crippen MR) is 53.3 cm³/mol. The van der Waals surface area contributed by atoms with Gasteiger partial charge < -0.3 is 9.90 Å². The van der Waals surface area contributed by atoms with E-state index in [1.165, 1.54) is 6.92 Å². The third-order valence-electron chi connectivity index (χ3n) is 1.72. The molecule has 0 atom stereocenters. The van der Waals surface area contributed by atoms with E-state index in [1.807, 2.05) is 0 Å². The van der Waals surface area contributed by atoms with Gasteiger partial charge >= 0.3 is 0 Å². The molecule has 0 heterocycles. The van der Waals surface area contributed by atoms with Crippen LogP contribution in [0.5, 0.6) is 0 Å². The molecule has 0 fully saturated rings. The van der Waals surface area contributed by atoms with Crippen molar-refractivity contribution in [3.05, 3.63) is 53.0 Å². The molecule has 15 heavy (non-hydrogen) atoms. The average molecular weight is 251 g/mol. The van der Waals surface area contributed by atoms with Crippen molar-refractivity contribution in [1.82, 2.24) is 0 Å². The number of hydrogen-bond donors (Lipinski definition) is 1. The number of hydrogen-bond acceptors (Lipinski definition) is 2. The van der Waals surface area contributed by atoms with E-state index >= 15 is 0 Å². The van der Waals surface area contributed by atoms with E-state index in [1.54, 1.807) is 30.3 Å². The van der Waals surface area contributed by atoms with E-state index < -0.39 is 5.78 Å². The number of aliphatic hydroxyl groups is 1. The number of nitrogens with zero attached hydrogens (tertiary/aromatic N) is 1. The van der Waals surface area contributed by atoms with Crippen molar-refractivity contribution in [1.29, 1.82) is 0 Å². The number of allylic oxidation sites excluding steroid dienone is 1. The second-order valence-corrected chi connectivity index (χ2v) is 2.73. The van der Waals surface area contributed by atoms with Crippen molar-refractivity contribution in [2.24, 2.45) is 0 Å². The van der Waals surface area contributed by atoms with Crippen molar-refractivity contribution >= 4 is 11.5 Å². The molecule has 0 aromatic heterocycles. The van der Waals surface area contributed by atoms with Crippen LogP contribution in [0.2, 0.25) is 0 Å². The van der Waals surface area contributed by atoms with Crippen LogP contribution < -0.4 is 0 Å². The molecular weight excluding hydrogens is 242 g/mol. The molecule has 1 radical (unpaired) electrons. The molecule has 0 aliphatic heterocycles. The fourth-order valence-electron chi connectivity index (χ4n) is 1.03. The zero-order valence-electron chi connectivity index (χ0n) is 7.99. The monoisotopic (exact) mass is 250 g/mol. The fourth-order valence-corrected chi connectivity index (χ4v) is 1.03. The Balaban J connectivity index is 0.00000196. The van der Waals surface area contributed by atoms with Crippen molar-refractivity contribution in [2.45, 2.75) is 6.92 Å². The summed E-state index contributed by atoms with van der Waals surface area (Å²) in [5, 5.41) is 9.60. The maximum atomic E-state index is 11.0. The number of carbonyl (C=O) groups excluding carboxylic acids is 1. The minimum atomic E-state index is -0.429. The normalized spacial score (nSPS) is 10.7. The van der Waals surface area contributed by atoms with Crippen molar-refractivity contribution in [3.8, 4) is 0 Å². The van der Waals surface area contributed by atoms with Crippen LogP contribution in [0.1, 0.15) is 12.5 Å². The molecule has 0 aliphatic rings. The van der Waals surface area contributed by atoms with Gasteiger partial charge in [-0.25, -0.2) is 4.85 Å². The summed E-state index contributed by atoms with van der Waals surface area (Å²) in [6, 6.07) is 8.54. The molecule has 1 rings (SSSR count). The Bertz CT molecular complexity index is 418. The molecule has 0 bridgehead atoms. The van der Waals surface area contributed by atoms with Crippen LogP contribution in [0.3, 0.4) is 0 Å². The van der Waals surface area contributed by atoms with Crippen LogP contribution in [0.4, 0.5) is 0 Å². The minimum Gasteiger partial charge on any atom is -0.518 e. The zero-order chi connectivity index (χ0) is 10.6. The van der Waals surface area contributed by atoms with Crippen LogP contribution in [-0.4, -0.2) is 10.9 Å². The third-order valence-corrected chi connectivity index (χ3v) is 1.72. The van der Waals surface area contributed by atoms with Crippen LogP contribution >= 0.6 is 0 Å². The van der Waals surface area contributed by atoms with E-state index in [-0.39, 0.29) is 28.5 Å². The fraction of sp³-hybridized carbons (Fsp3) is 0.0909. The first-order valence-electron chi connectivity index (χ1n) is 4.04. The van der Waals surface area contributed by atoms with Gasteiger partial charge in [-0.15, -0.1) is 0 Å². The molecule has 1 N–H and O–H groups in total. The molecule has 0 saturated carbocycles. The first-order chi connectivity index (χ1) is 6.66. The molecule has 0 unspecified atom stereocenters. The number of rotatable bonds is 2. The summed E-state index contributed by atoms with van der Waals surface area (Å²) in [4.78, 5) is 14.0. The van der Waals surface area contributed by atoms with Gasteiger partial charge in [0.05, 0.1) is 6.57 Å². The Hall–Kier alpha value is -1.56. The summed E-state index contributed by atoms with van der Waals surface area (Å²) in [6.45, 7) is 8.01. The van der Waals surface area contributed by atoms with E-state index in [0.29, 0.717) is 5.56 Å². The zero-order valence-corrected chi connectivity index (χ0v) is 8.93. The van der Waals surface area contributed by atoms with Gasteiger partial charge in [-0.05, 0) is 6.92 Å². The van der Waals surface area contributed by atoms with Gasteiger partial charge in [0.1, 0.15) is 5.76 Å². The molecule has 3 nitrogen and oxygen atoms in total. The molecular formula is C11H9CuNO2. The van der Waals surface area contributed by atoms with E-state index in [0.717, 1.165) is 0 Å². The number of aliphatic hydroxyl groups excluding tert-OH is 1. The van der Waals surface area contributed by atoms with E-state index in [4.69, 9.17) is 6.57 Å². The minimum absolute atomic E-state index is 0. The second kappa shape index (κ2) is 6.02. The molecule has 81 valence electrons. The third kappa shape index (κ3) is 3.25. The van der Waals surface area contributed by atoms with E-state index in [9.17, 15) is 9.90 Å². The van der Waals surface area contributed by atoms with Crippen LogP contribution in [0.25, 0.3) is 10.6 Å². The summed E-state index contributed by atoms with van der Waals surface area (Å²) < 4.78 is 0. The van der Waals surface area contributed by atoms with Crippen molar-refractivity contribution in [3.63, 3.8) is 0 Å². The molecule has 1 aromatic rings. The number of benzene rings is 1. The van der Waals surface area contributed by atoms with Gasteiger partial charge in [0, 0.05) is 22.6 Å². The van der Waals surface area contributed by atoms with Crippen molar-refractivity contribution < 1.29 is 27.0 Å². The first-order valence-corrected chi connectivity index (χ1v) is 4.04. The predicted octanol–water partition coefficient (Wildman–Crippen LogP) is 2.42. The number of Topliss-reactive ketones (excluding diaryl/α,β-unsaturated/α-hetero) is 1. The summed E-state index contributed by atoms with van der Waals surface area (Å²) in [5.74, 6) is -0.686. The number of ketones is 1. The topological polar surface area (TPSA) is 41.7 Å². The Kier molecular flexibility index (Phi) is 5.40. The van der Waals surface area contributed by atoms with Gasteiger partial charge in [-0.1, -0.05) is 30.3 Å². The molecule has 1 aromatic carbocycles. The molecule has 0 amide bonds. The van der Waals surface area contributed by atoms with Gasteiger partial charge in [-0.2, -0.15) is 0 Å². The van der Waals surface area contributed by atoms with Crippen LogP contribution in [-0.2, 0) is 21.9 Å². The van der Waals surface area contributed by atoms with Gasteiger partial charge in [-0.3, -0.25) is 0 Å². The van der Waals surface area contributed by atoms with Crippen LogP contribution in [0, 0.1) is 6.57 Å². The smallest absolute Gasteiger partial charge is 0.270 e. The first kappa shape index (κ1) is 13.4. The Labute approximate surface area is 98.7 Å². The maximum Gasteiger partial charge on any atom is 0.270 e. The second-order valence-electron chi connectivity index (χ2n) is 2.73. The standard InChI is InChI=1S/C11H9NO2.Cu/c1-8(13)10(12-2)11(14)9-6-4-3-5-7-9;/h3-7,14H,1H3;/b11-10+;. The summed E-state index contributed by atoms with van der Waals surface area (Å²) >= 11 is 0. The average Bonchev–Trinajstić information content (AvgIpc) is 2.19.